The SMILES string of the molecule is CCNC(=NCCCn1ccnc1)NC1CCN(Cc2ccc(C(F)(F)F)cc2)C1. The number of guanidine groups is 1. The lowest BCUT2D eigenvalue weighted by molar-refractivity contribution is -0.137. The van der Waals surface area contributed by atoms with E-state index in [1.54, 1.807) is 24.7 Å². The van der Waals surface area contributed by atoms with Gasteiger partial charge in [-0.25, -0.2) is 4.98 Å². The quantitative estimate of drug-likeness (QED) is 0.390. The first-order valence-corrected chi connectivity index (χ1v) is 10.3. The molecule has 1 unspecified atom stereocenters. The number of benzene rings is 1. The van der Waals surface area contributed by atoms with Gasteiger partial charge in [-0.2, -0.15) is 13.2 Å². The van der Waals surface area contributed by atoms with E-state index < -0.39 is 11.7 Å². The van der Waals surface area contributed by atoms with Crippen LogP contribution in [0.15, 0.2) is 48.0 Å². The molecule has 1 aromatic heterocycles. The summed E-state index contributed by atoms with van der Waals surface area (Å²) in [4.78, 5) is 10.9. The van der Waals surface area contributed by atoms with Gasteiger partial charge < -0.3 is 15.2 Å². The average molecular weight is 422 g/mol. The maximum absolute atomic E-state index is 12.7. The van der Waals surface area contributed by atoms with Crippen molar-refractivity contribution in [3.63, 3.8) is 0 Å². The Hall–Kier alpha value is -2.55. The minimum Gasteiger partial charge on any atom is -0.357 e. The maximum atomic E-state index is 12.7. The van der Waals surface area contributed by atoms with Gasteiger partial charge in [0.2, 0.25) is 0 Å². The molecule has 0 saturated carbocycles. The van der Waals surface area contributed by atoms with Crippen LogP contribution in [-0.4, -0.2) is 52.6 Å². The highest BCUT2D eigenvalue weighted by Gasteiger charge is 2.30. The summed E-state index contributed by atoms with van der Waals surface area (Å²) < 4.78 is 40.1. The van der Waals surface area contributed by atoms with E-state index in [1.165, 1.54) is 0 Å². The summed E-state index contributed by atoms with van der Waals surface area (Å²) in [6.45, 7) is 6.81. The lowest BCUT2D eigenvalue weighted by Crippen LogP contribution is -2.44. The van der Waals surface area contributed by atoms with E-state index in [0.717, 1.165) is 69.2 Å². The molecule has 164 valence electrons. The number of hydrogen-bond acceptors (Lipinski definition) is 3. The Morgan fingerprint density at radius 1 is 1.27 bits per heavy atom. The molecular formula is C21H29F3N6. The van der Waals surface area contributed by atoms with Crippen molar-refractivity contribution >= 4 is 5.96 Å². The molecule has 1 aliphatic heterocycles. The molecule has 30 heavy (non-hydrogen) atoms. The summed E-state index contributed by atoms with van der Waals surface area (Å²) in [6.07, 6.45) is 3.12. The monoisotopic (exact) mass is 422 g/mol. The van der Waals surface area contributed by atoms with Crippen LogP contribution in [0.2, 0.25) is 0 Å². The number of hydrogen-bond donors (Lipinski definition) is 2. The molecule has 1 aliphatic rings. The van der Waals surface area contributed by atoms with Crippen LogP contribution < -0.4 is 10.6 Å². The van der Waals surface area contributed by atoms with Crippen LogP contribution >= 0.6 is 0 Å². The Bertz CT molecular complexity index is 786. The smallest absolute Gasteiger partial charge is 0.357 e. The second-order valence-electron chi connectivity index (χ2n) is 7.47. The number of aryl methyl sites for hydroxylation is 1. The second kappa shape index (κ2) is 10.5. The molecule has 2 aromatic rings. The molecule has 0 radical (unpaired) electrons. The Balaban J connectivity index is 1.45. The second-order valence-corrected chi connectivity index (χ2v) is 7.47. The first-order valence-electron chi connectivity index (χ1n) is 10.3. The average Bonchev–Trinajstić information content (AvgIpc) is 3.37. The standard InChI is InChI=1S/C21H29F3N6/c1-2-26-20(27-9-3-11-29-13-10-25-16-29)28-19-8-12-30(15-19)14-17-4-6-18(7-5-17)21(22,23)24/h4-7,10,13,16,19H,2-3,8-9,11-12,14-15H2,1H3,(H2,26,27,28). The summed E-state index contributed by atoms with van der Waals surface area (Å²) in [5.41, 5.74) is 0.287. The number of nitrogens with one attached hydrogen (secondary N) is 2. The number of halogens is 3. The van der Waals surface area contributed by atoms with E-state index in [-0.39, 0.29) is 6.04 Å². The Morgan fingerprint density at radius 2 is 2.07 bits per heavy atom. The van der Waals surface area contributed by atoms with Crippen molar-refractivity contribution < 1.29 is 13.2 Å². The van der Waals surface area contributed by atoms with Crippen molar-refractivity contribution in [2.24, 2.45) is 4.99 Å². The number of aliphatic imine (C=N–C) groups is 1. The zero-order valence-electron chi connectivity index (χ0n) is 17.2. The van der Waals surface area contributed by atoms with E-state index in [0.29, 0.717) is 6.54 Å². The lowest BCUT2D eigenvalue weighted by atomic mass is 10.1. The molecule has 6 nitrogen and oxygen atoms in total. The molecule has 1 saturated heterocycles. The highest BCUT2D eigenvalue weighted by Crippen LogP contribution is 2.29. The van der Waals surface area contributed by atoms with Crippen LogP contribution in [0.25, 0.3) is 0 Å². The van der Waals surface area contributed by atoms with Gasteiger partial charge in [0.05, 0.1) is 11.9 Å². The normalized spacial score (nSPS) is 18.0. The summed E-state index contributed by atoms with van der Waals surface area (Å²) in [5.74, 6) is 0.810. The van der Waals surface area contributed by atoms with Crippen LogP contribution in [0, 0.1) is 0 Å². The van der Waals surface area contributed by atoms with Gasteiger partial charge in [-0.1, -0.05) is 12.1 Å². The lowest BCUT2D eigenvalue weighted by Gasteiger charge is -2.19. The van der Waals surface area contributed by atoms with Gasteiger partial charge in [-0.15, -0.1) is 0 Å². The minimum atomic E-state index is -4.29. The zero-order valence-corrected chi connectivity index (χ0v) is 17.2. The predicted octanol–water partition coefficient (Wildman–Crippen LogP) is 3.12. The molecule has 1 atom stereocenters. The van der Waals surface area contributed by atoms with Gasteiger partial charge in [0.15, 0.2) is 5.96 Å². The number of likely N-dealkylation sites (tertiary alicyclic amines) is 1. The largest absolute Gasteiger partial charge is 0.416 e. The molecule has 0 aliphatic carbocycles. The van der Waals surface area contributed by atoms with E-state index in [4.69, 9.17) is 0 Å². The van der Waals surface area contributed by atoms with E-state index in [2.05, 4.69) is 25.5 Å². The van der Waals surface area contributed by atoms with Crippen molar-refractivity contribution in [2.75, 3.05) is 26.2 Å². The van der Waals surface area contributed by atoms with Crippen LogP contribution in [0.5, 0.6) is 0 Å². The fourth-order valence-corrected chi connectivity index (χ4v) is 3.53. The third-order valence-electron chi connectivity index (χ3n) is 5.05. The first kappa shape index (κ1) is 22.1. The number of imidazole rings is 1. The first-order chi connectivity index (χ1) is 14.4. The molecule has 0 spiro atoms. The van der Waals surface area contributed by atoms with E-state index in [1.807, 2.05) is 17.7 Å². The molecular weight excluding hydrogens is 393 g/mol. The fourth-order valence-electron chi connectivity index (χ4n) is 3.53. The molecule has 3 rings (SSSR count). The topological polar surface area (TPSA) is 57.5 Å². The molecule has 1 aromatic carbocycles. The summed E-state index contributed by atoms with van der Waals surface area (Å²) >= 11 is 0. The van der Waals surface area contributed by atoms with Gasteiger partial charge in [0.25, 0.3) is 0 Å². The highest BCUT2D eigenvalue weighted by atomic mass is 19.4. The molecule has 0 bridgehead atoms. The van der Waals surface area contributed by atoms with Crippen molar-refractivity contribution in [1.29, 1.82) is 0 Å². The van der Waals surface area contributed by atoms with E-state index >= 15 is 0 Å². The predicted molar refractivity (Wildman–Crippen MR) is 111 cm³/mol. The van der Waals surface area contributed by atoms with Gasteiger partial charge in [-0.3, -0.25) is 9.89 Å². The minimum absolute atomic E-state index is 0.269. The van der Waals surface area contributed by atoms with E-state index in [9.17, 15) is 13.2 Å². The van der Waals surface area contributed by atoms with Crippen molar-refractivity contribution in [2.45, 2.75) is 45.1 Å². The van der Waals surface area contributed by atoms with Gasteiger partial charge in [0, 0.05) is 57.7 Å². The maximum Gasteiger partial charge on any atom is 0.416 e. The summed E-state index contributed by atoms with van der Waals surface area (Å²) in [5, 5.41) is 6.77. The Morgan fingerprint density at radius 3 is 2.73 bits per heavy atom. The summed E-state index contributed by atoms with van der Waals surface area (Å²) in [7, 11) is 0. The molecule has 0 amide bonds. The number of aromatic nitrogens is 2. The van der Waals surface area contributed by atoms with Crippen LogP contribution in [0.4, 0.5) is 13.2 Å². The van der Waals surface area contributed by atoms with Gasteiger partial charge >= 0.3 is 6.18 Å². The molecule has 9 heteroatoms. The molecule has 1 fully saturated rings. The molecule has 2 heterocycles. The van der Waals surface area contributed by atoms with Crippen molar-refractivity contribution in [3.05, 3.63) is 54.1 Å². The zero-order chi connectivity index (χ0) is 21.4. The van der Waals surface area contributed by atoms with Crippen molar-refractivity contribution in [3.8, 4) is 0 Å². The Labute approximate surface area is 175 Å². The third kappa shape index (κ3) is 6.76. The number of rotatable bonds is 8. The fraction of sp³-hybridized carbons (Fsp3) is 0.524. The highest BCUT2D eigenvalue weighted by molar-refractivity contribution is 5.80. The molecule has 2 N–H and O–H groups in total. The number of alkyl halides is 3. The van der Waals surface area contributed by atoms with Crippen molar-refractivity contribution in [1.82, 2.24) is 25.1 Å². The van der Waals surface area contributed by atoms with Crippen LogP contribution in [0.1, 0.15) is 30.9 Å². The Kier molecular flexibility index (Phi) is 7.73. The number of nitrogens with zero attached hydrogens (tertiary/aromatic N) is 4. The summed E-state index contributed by atoms with van der Waals surface area (Å²) in [6, 6.07) is 5.71. The third-order valence-corrected chi connectivity index (χ3v) is 5.05. The van der Waals surface area contributed by atoms with Gasteiger partial charge in [0.1, 0.15) is 0 Å². The van der Waals surface area contributed by atoms with Crippen LogP contribution in [0.3, 0.4) is 0 Å². The van der Waals surface area contributed by atoms with Crippen LogP contribution in [-0.2, 0) is 19.3 Å². The van der Waals surface area contributed by atoms with Gasteiger partial charge in [-0.05, 0) is 37.5 Å².